The van der Waals surface area contributed by atoms with Gasteiger partial charge in [0.2, 0.25) is 0 Å². The molecular formula is C18H16F3N3OS2. The normalized spacial score (nSPS) is 11.7. The molecule has 0 aliphatic rings. The largest absolute Gasteiger partial charge is 0.433 e. The van der Waals surface area contributed by atoms with Gasteiger partial charge >= 0.3 is 6.18 Å². The Bertz CT molecular complexity index is 1000. The molecule has 0 saturated carbocycles. The van der Waals surface area contributed by atoms with Crippen LogP contribution in [-0.4, -0.2) is 23.7 Å². The van der Waals surface area contributed by atoms with Crippen LogP contribution in [0.25, 0.3) is 10.1 Å². The minimum Gasteiger partial charge on any atom is -0.397 e. The number of carbonyl (C=O) groups excluding carboxylic acids is 1. The number of aromatic nitrogens is 1. The lowest BCUT2D eigenvalue weighted by Gasteiger charge is -2.19. The zero-order valence-corrected chi connectivity index (χ0v) is 16.1. The van der Waals surface area contributed by atoms with Crippen LogP contribution in [-0.2, 0) is 6.18 Å². The van der Waals surface area contributed by atoms with Crippen LogP contribution in [0.15, 0.2) is 41.4 Å². The Labute approximate surface area is 162 Å². The summed E-state index contributed by atoms with van der Waals surface area (Å²) < 4.78 is 39.3. The predicted octanol–water partition coefficient (Wildman–Crippen LogP) is 5.29. The van der Waals surface area contributed by atoms with Crippen molar-refractivity contribution in [2.45, 2.75) is 18.0 Å². The number of carbonyl (C=O) groups is 1. The Balaban J connectivity index is 2.01. The number of benzene rings is 1. The van der Waals surface area contributed by atoms with E-state index in [9.17, 15) is 18.0 Å². The standard InChI is InChI=1S/C18H16F3N3OS2/c1-3-26-15-10-6-4-5-7-13(10)27-16(15)17(25)24(2)12-9-23-14(8-11(12)22)18(19,20)21/h4-9H,3H2,1-2H3,(H2,22,23). The molecule has 27 heavy (non-hydrogen) atoms. The van der Waals surface area contributed by atoms with E-state index in [1.165, 1.54) is 23.3 Å². The molecule has 1 amide bonds. The lowest BCUT2D eigenvalue weighted by Crippen LogP contribution is -2.27. The molecule has 3 rings (SSSR count). The average molecular weight is 411 g/mol. The van der Waals surface area contributed by atoms with Crippen molar-refractivity contribution in [3.05, 3.63) is 47.1 Å². The third-order valence-corrected chi connectivity index (χ3v) is 6.19. The number of fused-ring (bicyclic) bond motifs is 1. The highest BCUT2D eigenvalue weighted by atomic mass is 32.2. The number of nitrogens with zero attached hydrogens (tertiary/aromatic N) is 2. The number of halogens is 3. The molecule has 2 aromatic heterocycles. The number of thiophene rings is 1. The highest BCUT2D eigenvalue weighted by Crippen LogP contribution is 2.40. The van der Waals surface area contributed by atoms with E-state index in [0.717, 1.165) is 33.0 Å². The van der Waals surface area contributed by atoms with E-state index in [1.807, 2.05) is 31.2 Å². The van der Waals surface area contributed by atoms with E-state index in [1.54, 1.807) is 11.8 Å². The van der Waals surface area contributed by atoms with Gasteiger partial charge in [-0.05, 0) is 17.9 Å². The molecule has 142 valence electrons. The van der Waals surface area contributed by atoms with Gasteiger partial charge in [0.05, 0.1) is 17.6 Å². The summed E-state index contributed by atoms with van der Waals surface area (Å²) in [6.07, 6.45) is -3.61. The van der Waals surface area contributed by atoms with Gasteiger partial charge in [0.15, 0.2) is 0 Å². The fourth-order valence-electron chi connectivity index (χ4n) is 2.61. The van der Waals surface area contributed by atoms with E-state index < -0.39 is 11.9 Å². The lowest BCUT2D eigenvalue weighted by molar-refractivity contribution is -0.141. The second-order valence-corrected chi connectivity index (χ2v) is 8.01. The average Bonchev–Trinajstić information content (AvgIpc) is 2.99. The van der Waals surface area contributed by atoms with Crippen molar-refractivity contribution in [2.75, 3.05) is 23.4 Å². The maximum absolute atomic E-state index is 13.1. The highest BCUT2D eigenvalue weighted by Gasteiger charge is 2.33. The molecule has 0 aliphatic heterocycles. The van der Waals surface area contributed by atoms with Gasteiger partial charge in [0.1, 0.15) is 10.6 Å². The summed E-state index contributed by atoms with van der Waals surface area (Å²) in [4.78, 5) is 19.1. The fourth-order valence-corrected chi connectivity index (χ4v) is 4.89. The van der Waals surface area contributed by atoms with Gasteiger partial charge in [-0.2, -0.15) is 13.2 Å². The first kappa shape index (κ1) is 19.5. The molecule has 9 heteroatoms. The molecule has 0 radical (unpaired) electrons. The lowest BCUT2D eigenvalue weighted by atomic mass is 10.2. The summed E-state index contributed by atoms with van der Waals surface area (Å²) in [7, 11) is 1.48. The third-order valence-electron chi connectivity index (χ3n) is 3.90. The van der Waals surface area contributed by atoms with Gasteiger partial charge in [-0.25, -0.2) is 4.98 Å². The summed E-state index contributed by atoms with van der Waals surface area (Å²) >= 11 is 2.91. The number of anilines is 2. The number of hydrogen-bond acceptors (Lipinski definition) is 5. The van der Waals surface area contributed by atoms with Crippen LogP contribution >= 0.6 is 23.1 Å². The van der Waals surface area contributed by atoms with Crippen LogP contribution in [0.3, 0.4) is 0 Å². The molecule has 0 aliphatic carbocycles. The molecule has 0 saturated heterocycles. The third kappa shape index (κ3) is 3.74. The molecule has 0 bridgehead atoms. The van der Waals surface area contributed by atoms with Gasteiger partial charge in [0.25, 0.3) is 5.91 Å². The van der Waals surface area contributed by atoms with E-state index in [4.69, 9.17) is 5.73 Å². The SMILES string of the molecule is CCSc1c(C(=O)N(C)c2cnc(C(F)(F)F)cc2N)sc2ccccc12. The Morgan fingerprint density at radius 1 is 1.33 bits per heavy atom. The minimum atomic E-state index is -4.59. The Hall–Kier alpha value is -2.26. The number of rotatable bonds is 4. The van der Waals surface area contributed by atoms with E-state index in [-0.39, 0.29) is 17.3 Å². The Morgan fingerprint density at radius 2 is 2.04 bits per heavy atom. The monoisotopic (exact) mass is 411 g/mol. The van der Waals surface area contributed by atoms with Crippen LogP contribution in [0.4, 0.5) is 24.5 Å². The van der Waals surface area contributed by atoms with Crippen LogP contribution < -0.4 is 10.6 Å². The second-order valence-electron chi connectivity index (χ2n) is 5.68. The van der Waals surface area contributed by atoms with Crippen LogP contribution in [0.5, 0.6) is 0 Å². The summed E-state index contributed by atoms with van der Waals surface area (Å²) in [6, 6.07) is 8.43. The Kier molecular flexibility index (Phi) is 5.34. The van der Waals surface area contributed by atoms with Crippen molar-refractivity contribution in [3.8, 4) is 0 Å². The number of nitrogen functional groups attached to an aromatic ring is 1. The molecule has 0 spiro atoms. The van der Waals surface area contributed by atoms with Crippen LogP contribution in [0.2, 0.25) is 0 Å². The first-order valence-electron chi connectivity index (χ1n) is 7.99. The van der Waals surface area contributed by atoms with Gasteiger partial charge < -0.3 is 10.6 Å². The first-order valence-corrected chi connectivity index (χ1v) is 9.79. The van der Waals surface area contributed by atoms with E-state index >= 15 is 0 Å². The molecule has 0 atom stereocenters. The maximum Gasteiger partial charge on any atom is 0.433 e. The van der Waals surface area contributed by atoms with Crippen molar-refractivity contribution in [1.29, 1.82) is 0 Å². The molecule has 1 aromatic carbocycles. The molecule has 3 aromatic rings. The van der Waals surface area contributed by atoms with Crippen molar-refractivity contribution >= 4 is 50.5 Å². The molecule has 0 fully saturated rings. The zero-order chi connectivity index (χ0) is 19.8. The minimum absolute atomic E-state index is 0.137. The highest BCUT2D eigenvalue weighted by molar-refractivity contribution is 7.99. The smallest absolute Gasteiger partial charge is 0.397 e. The van der Waals surface area contributed by atoms with Gasteiger partial charge in [0, 0.05) is 22.0 Å². The van der Waals surface area contributed by atoms with Gasteiger partial charge in [-0.1, -0.05) is 25.1 Å². The summed E-state index contributed by atoms with van der Waals surface area (Å²) in [5.41, 5.74) is 4.67. The Morgan fingerprint density at radius 3 is 2.67 bits per heavy atom. The van der Waals surface area contributed by atoms with E-state index in [2.05, 4.69) is 4.98 Å². The zero-order valence-electron chi connectivity index (χ0n) is 14.5. The topological polar surface area (TPSA) is 59.2 Å². The van der Waals surface area contributed by atoms with E-state index in [0.29, 0.717) is 4.88 Å². The number of nitrogens with two attached hydrogens (primary N) is 1. The number of amides is 1. The second kappa shape index (κ2) is 7.40. The molecule has 2 heterocycles. The molecular weight excluding hydrogens is 395 g/mol. The first-order chi connectivity index (χ1) is 12.7. The van der Waals surface area contributed by atoms with Crippen LogP contribution in [0.1, 0.15) is 22.3 Å². The van der Waals surface area contributed by atoms with Gasteiger partial charge in [-0.15, -0.1) is 23.1 Å². The summed E-state index contributed by atoms with van der Waals surface area (Å²) in [6.45, 7) is 1.99. The summed E-state index contributed by atoms with van der Waals surface area (Å²) in [5, 5.41) is 0.990. The number of hydrogen-bond donors (Lipinski definition) is 1. The molecule has 0 unspecified atom stereocenters. The van der Waals surface area contributed by atoms with Gasteiger partial charge in [-0.3, -0.25) is 4.79 Å². The van der Waals surface area contributed by atoms with Crippen molar-refractivity contribution in [1.82, 2.24) is 4.98 Å². The number of pyridine rings is 1. The predicted molar refractivity (Wildman–Crippen MR) is 105 cm³/mol. The fraction of sp³-hybridized carbons (Fsp3) is 0.222. The van der Waals surface area contributed by atoms with Crippen molar-refractivity contribution < 1.29 is 18.0 Å². The number of alkyl halides is 3. The quantitative estimate of drug-likeness (QED) is 0.593. The molecule has 2 N–H and O–H groups in total. The van der Waals surface area contributed by atoms with Crippen molar-refractivity contribution in [2.24, 2.45) is 0 Å². The van der Waals surface area contributed by atoms with Crippen LogP contribution in [0, 0.1) is 0 Å². The molecule has 4 nitrogen and oxygen atoms in total. The number of thioether (sulfide) groups is 1. The van der Waals surface area contributed by atoms with Crippen molar-refractivity contribution in [3.63, 3.8) is 0 Å². The maximum atomic E-state index is 13.1. The summed E-state index contributed by atoms with van der Waals surface area (Å²) in [5.74, 6) is 0.453.